The number of hydrogen-bond acceptors (Lipinski definition) is 5. The maximum atomic E-state index is 12.8. The van der Waals surface area contributed by atoms with Gasteiger partial charge in [-0.05, 0) is 49.6 Å². The van der Waals surface area contributed by atoms with Gasteiger partial charge in [0.1, 0.15) is 10.3 Å². The molecule has 0 radical (unpaired) electrons. The number of rotatable bonds is 5. The Bertz CT molecular complexity index is 960. The van der Waals surface area contributed by atoms with Crippen LogP contribution < -0.4 is 5.32 Å². The number of nitriles is 1. The number of hydrogen-bond donors (Lipinski definition) is 1. The molecular formula is C18H19N3O3S2. The third-order valence-corrected chi connectivity index (χ3v) is 7.68. The van der Waals surface area contributed by atoms with E-state index in [1.54, 1.807) is 30.3 Å². The number of thiophene rings is 1. The molecule has 1 aromatic carbocycles. The fourth-order valence-electron chi connectivity index (χ4n) is 3.01. The number of benzene rings is 1. The molecule has 2 aromatic rings. The summed E-state index contributed by atoms with van der Waals surface area (Å²) in [6.45, 7) is 2.46. The smallest absolute Gasteiger partial charge is 0.253 e. The zero-order valence-electron chi connectivity index (χ0n) is 14.3. The van der Waals surface area contributed by atoms with Crippen molar-refractivity contribution in [2.24, 2.45) is 0 Å². The Morgan fingerprint density at radius 3 is 2.88 bits per heavy atom. The molecule has 1 atom stereocenters. The zero-order chi connectivity index (χ0) is 18.7. The molecule has 1 amide bonds. The van der Waals surface area contributed by atoms with E-state index in [9.17, 15) is 13.2 Å². The summed E-state index contributed by atoms with van der Waals surface area (Å²) >= 11 is 1.22. The van der Waals surface area contributed by atoms with Gasteiger partial charge in [0.15, 0.2) is 0 Å². The average Bonchev–Trinajstić information content (AvgIpc) is 3.29. The third kappa shape index (κ3) is 3.80. The number of aryl methyl sites for hydroxylation is 1. The fourth-order valence-corrected chi connectivity index (χ4v) is 6.08. The first kappa shape index (κ1) is 18.6. The number of nitrogens with one attached hydrogen (secondary N) is 1. The van der Waals surface area contributed by atoms with E-state index in [1.165, 1.54) is 15.6 Å². The highest BCUT2D eigenvalue weighted by Crippen LogP contribution is 2.30. The number of sulfonamides is 1. The Hall–Kier alpha value is -2.21. The molecule has 1 aromatic heterocycles. The van der Waals surface area contributed by atoms with E-state index in [1.807, 2.05) is 13.0 Å². The molecule has 0 spiro atoms. The highest BCUT2D eigenvalue weighted by Gasteiger charge is 2.39. The molecule has 2 heterocycles. The van der Waals surface area contributed by atoms with Crippen molar-refractivity contribution < 1.29 is 13.2 Å². The Morgan fingerprint density at radius 1 is 1.38 bits per heavy atom. The Balaban J connectivity index is 1.71. The minimum absolute atomic E-state index is 0.261. The summed E-state index contributed by atoms with van der Waals surface area (Å²) < 4.78 is 27.3. The molecule has 1 aliphatic rings. The summed E-state index contributed by atoms with van der Waals surface area (Å²) in [6, 6.07) is 11.7. The van der Waals surface area contributed by atoms with E-state index in [-0.39, 0.29) is 16.7 Å². The van der Waals surface area contributed by atoms with Crippen LogP contribution in [0, 0.1) is 18.3 Å². The van der Waals surface area contributed by atoms with Gasteiger partial charge in [0.2, 0.25) is 5.91 Å². The standard InChI is InChI=1S/C18H19N3O3S2/c1-13-7-8-17(25-13)26(23,24)21-9-3-6-16(21)18(22)20-12-15-5-2-4-14(10-15)11-19/h2,4-5,7-8,10,16H,3,6,9,12H2,1H3,(H,20,22)/t16-/m0/s1. The second kappa shape index (κ2) is 7.58. The summed E-state index contributed by atoms with van der Waals surface area (Å²) in [5.74, 6) is -0.304. The molecule has 3 rings (SSSR count). The highest BCUT2D eigenvalue weighted by atomic mass is 32.2. The predicted octanol–water partition coefficient (Wildman–Crippen LogP) is 2.40. The van der Waals surface area contributed by atoms with E-state index in [4.69, 9.17) is 5.26 Å². The molecule has 0 aliphatic carbocycles. The highest BCUT2D eigenvalue weighted by molar-refractivity contribution is 7.91. The van der Waals surface area contributed by atoms with Crippen LogP contribution in [0.1, 0.15) is 28.8 Å². The molecule has 6 nitrogen and oxygen atoms in total. The maximum absolute atomic E-state index is 12.8. The normalized spacial score (nSPS) is 17.8. The van der Waals surface area contributed by atoms with Crippen LogP contribution in [0.4, 0.5) is 0 Å². The van der Waals surface area contributed by atoms with Gasteiger partial charge in [0.05, 0.1) is 11.6 Å². The van der Waals surface area contributed by atoms with Gasteiger partial charge in [-0.1, -0.05) is 12.1 Å². The minimum Gasteiger partial charge on any atom is -0.351 e. The van der Waals surface area contributed by atoms with E-state index in [2.05, 4.69) is 11.4 Å². The Morgan fingerprint density at radius 2 is 2.19 bits per heavy atom. The largest absolute Gasteiger partial charge is 0.351 e. The quantitative estimate of drug-likeness (QED) is 0.850. The van der Waals surface area contributed by atoms with Crippen LogP contribution in [0.2, 0.25) is 0 Å². The number of nitrogens with zero attached hydrogens (tertiary/aromatic N) is 2. The van der Waals surface area contributed by atoms with Gasteiger partial charge < -0.3 is 5.32 Å². The molecule has 1 N–H and O–H groups in total. The van der Waals surface area contributed by atoms with Crippen LogP contribution in [0.3, 0.4) is 0 Å². The van der Waals surface area contributed by atoms with Crippen molar-refractivity contribution in [1.82, 2.24) is 9.62 Å². The summed E-state index contributed by atoms with van der Waals surface area (Å²) in [5.41, 5.74) is 1.33. The van der Waals surface area contributed by atoms with Crippen LogP contribution in [-0.2, 0) is 21.4 Å². The van der Waals surface area contributed by atoms with Gasteiger partial charge in [-0.15, -0.1) is 11.3 Å². The second-order valence-corrected chi connectivity index (χ2v) is 9.57. The summed E-state index contributed by atoms with van der Waals surface area (Å²) in [5, 5.41) is 11.7. The first-order valence-electron chi connectivity index (χ1n) is 8.27. The first-order valence-corrected chi connectivity index (χ1v) is 10.5. The summed E-state index contributed by atoms with van der Waals surface area (Å²) in [7, 11) is -3.66. The van der Waals surface area contributed by atoms with Crippen LogP contribution >= 0.6 is 11.3 Å². The van der Waals surface area contributed by atoms with Crippen molar-refractivity contribution in [2.75, 3.05) is 6.54 Å². The predicted molar refractivity (Wildman–Crippen MR) is 99.0 cm³/mol. The van der Waals surface area contributed by atoms with Gasteiger partial charge in [-0.3, -0.25) is 4.79 Å². The summed E-state index contributed by atoms with van der Waals surface area (Å²) in [6.07, 6.45) is 1.17. The molecular weight excluding hydrogens is 370 g/mol. The van der Waals surface area contributed by atoms with E-state index in [0.717, 1.165) is 10.4 Å². The Labute approximate surface area is 157 Å². The lowest BCUT2D eigenvalue weighted by atomic mass is 10.1. The van der Waals surface area contributed by atoms with Crippen molar-refractivity contribution in [3.8, 4) is 6.07 Å². The van der Waals surface area contributed by atoms with Gasteiger partial charge >= 0.3 is 0 Å². The first-order chi connectivity index (χ1) is 12.4. The van der Waals surface area contributed by atoms with Gasteiger partial charge in [0.25, 0.3) is 10.0 Å². The second-order valence-electron chi connectivity index (χ2n) is 6.17. The van der Waals surface area contributed by atoms with Crippen LogP contribution in [0.15, 0.2) is 40.6 Å². The van der Waals surface area contributed by atoms with E-state index >= 15 is 0 Å². The van der Waals surface area contributed by atoms with Crippen LogP contribution in [0.25, 0.3) is 0 Å². The lowest BCUT2D eigenvalue weighted by molar-refractivity contribution is -0.124. The van der Waals surface area contributed by atoms with Gasteiger partial charge in [0, 0.05) is 18.0 Å². The molecule has 8 heteroatoms. The Kier molecular flexibility index (Phi) is 5.41. The molecule has 0 unspecified atom stereocenters. The van der Waals surface area contributed by atoms with Gasteiger partial charge in [-0.25, -0.2) is 8.42 Å². The average molecular weight is 390 g/mol. The summed E-state index contributed by atoms with van der Waals surface area (Å²) in [4.78, 5) is 13.5. The monoisotopic (exact) mass is 389 g/mol. The van der Waals surface area contributed by atoms with Crippen molar-refractivity contribution in [2.45, 2.75) is 36.6 Å². The van der Waals surface area contributed by atoms with Crippen LogP contribution in [-0.4, -0.2) is 31.2 Å². The molecule has 26 heavy (non-hydrogen) atoms. The van der Waals surface area contributed by atoms with Crippen molar-refractivity contribution in [3.05, 3.63) is 52.4 Å². The SMILES string of the molecule is Cc1ccc(S(=O)(=O)N2CCC[C@H]2C(=O)NCc2cccc(C#N)c2)s1. The van der Waals surface area contributed by atoms with E-state index in [0.29, 0.717) is 24.9 Å². The van der Waals surface area contributed by atoms with E-state index < -0.39 is 16.1 Å². The van der Waals surface area contributed by atoms with Crippen LogP contribution in [0.5, 0.6) is 0 Å². The molecule has 136 valence electrons. The van der Waals surface area contributed by atoms with Crippen molar-refractivity contribution in [3.63, 3.8) is 0 Å². The maximum Gasteiger partial charge on any atom is 0.253 e. The molecule has 0 bridgehead atoms. The lowest BCUT2D eigenvalue weighted by Gasteiger charge is -2.22. The molecule has 1 fully saturated rings. The zero-order valence-corrected chi connectivity index (χ0v) is 15.9. The lowest BCUT2D eigenvalue weighted by Crippen LogP contribution is -2.45. The minimum atomic E-state index is -3.66. The number of carbonyl (C=O) groups excluding carboxylic acids is 1. The topological polar surface area (TPSA) is 90.3 Å². The third-order valence-electron chi connectivity index (χ3n) is 4.31. The molecule has 1 saturated heterocycles. The molecule has 1 aliphatic heterocycles. The molecule has 0 saturated carbocycles. The van der Waals surface area contributed by atoms with Crippen molar-refractivity contribution in [1.29, 1.82) is 5.26 Å². The van der Waals surface area contributed by atoms with Crippen molar-refractivity contribution >= 4 is 27.3 Å². The van der Waals surface area contributed by atoms with Gasteiger partial charge in [-0.2, -0.15) is 9.57 Å². The fraction of sp³-hybridized carbons (Fsp3) is 0.333. The number of amides is 1. The number of carbonyl (C=O) groups is 1.